The Morgan fingerprint density at radius 3 is 2.34 bits per heavy atom. The van der Waals surface area contributed by atoms with Crippen molar-refractivity contribution >= 4 is 44.3 Å². The Morgan fingerprint density at radius 2 is 1.71 bits per heavy atom. The van der Waals surface area contributed by atoms with E-state index in [4.69, 9.17) is 11.6 Å². The molecule has 3 atom stereocenters. The van der Waals surface area contributed by atoms with E-state index in [1.807, 2.05) is 0 Å². The van der Waals surface area contributed by atoms with Crippen molar-refractivity contribution in [1.82, 2.24) is 29.9 Å². The van der Waals surface area contributed by atoms with E-state index in [1.54, 1.807) is 0 Å². The van der Waals surface area contributed by atoms with Crippen LogP contribution in [0.2, 0.25) is 5.02 Å². The van der Waals surface area contributed by atoms with Crippen molar-refractivity contribution < 1.29 is 57.8 Å². The van der Waals surface area contributed by atoms with Crippen LogP contribution in [0.3, 0.4) is 0 Å². The van der Waals surface area contributed by atoms with Crippen molar-refractivity contribution in [2.45, 2.75) is 68.7 Å². The number of fused-ring (bicyclic) bond motifs is 4. The topological polar surface area (TPSA) is 144 Å². The Labute approximate surface area is 333 Å². The largest absolute Gasteiger partial charge is 0.516 e. The summed E-state index contributed by atoms with van der Waals surface area (Å²) < 4.78 is 155. The second kappa shape index (κ2) is 14.4. The summed E-state index contributed by atoms with van der Waals surface area (Å²) in [5.41, 5.74) is -9.54. The van der Waals surface area contributed by atoms with Crippen molar-refractivity contribution in [3.8, 4) is 23.0 Å². The second-order valence-corrected chi connectivity index (χ2v) is 16.6. The lowest BCUT2D eigenvalue weighted by Crippen LogP contribution is -2.35. The molecule has 2 aliphatic carbocycles. The maximum absolute atomic E-state index is 15.4. The third-order valence-electron chi connectivity index (χ3n) is 9.67. The molecule has 3 aromatic heterocycles. The highest BCUT2D eigenvalue weighted by atomic mass is 35.5. The summed E-state index contributed by atoms with van der Waals surface area (Å²) in [5, 5.41) is 19.9. The van der Waals surface area contributed by atoms with Gasteiger partial charge < -0.3 is 10.4 Å². The van der Waals surface area contributed by atoms with Gasteiger partial charge in [-0.25, -0.2) is 22.5 Å². The number of alkyl halides is 7. The number of aliphatic hydroxyl groups is 1. The molecule has 1 fully saturated rings. The number of carbonyl (C=O) groups excluding carboxylic acids is 1. The minimum atomic E-state index is -6.00. The number of hydrogen-bond acceptors (Lipinski definition) is 7. The van der Waals surface area contributed by atoms with E-state index >= 15 is 8.78 Å². The third-order valence-corrected chi connectivity index (χ3v) is 11.1. The molecule has 59 heavy (non-hydrogen) atoms. The number of carbonyl (C=O) groups is 1. The Kier molecular flexibility index (Phi) is 10.2. The van der Waals surface area contributed by atoms with Crippen LogP contribution in [0.25, 0.3) is 22.0 Å². The molecule has 7 rings (SSSR count). The number of anilines is 1. The molecule has 5 aromatic rings. The molecule has 3 N–H and O–H groups in total. The molecule has 0 saturated heterocycles. The van der Waals surface area contributed by atoms with Gasteiger partial charge in [0.25, 0.3) is 12.3 Å². The lowest BCUT2D eigenvalue weighted by Gasteiger charge is -2.23. The van der Waals surface area contributed by atoms with Crippen LogP contribution in [0.1, 0.15) is 72.6 Å². The lowest BCUT2D eigenvalue weighted by molar-refractivity contribution is -0.123. The summed E-state index contributed by atoms with van der Waals surface area (Å²) >= 11 is 6.40. The Balaban J connectivity index is 1.39. The van der Waals surface area contributed by atoms with E-state index in [2.05, 4.69) is 32.3 Å². The third kappa shape index (κ3) is 7.92. The highest BCUT2D eigenvalue weighted by Crippen LogP contribution is 2.68. The van der Waals surface area contributed by atoms with E-state index in [0.29, 0.717) is 10.7 Å². The van der Waals surface area contributed by atoms with Gasteiger partial charge in [-0.1, -0.05) is 23.6 Å². The number of aromatic nitrogens is 5. The highest BCUT2D eigenvalue weighted by molar-refractivity contribution is 7.93. The summed E-state index contributed by atoms with van der Waals surface area (Å²) in [6, 6.07) is 6.28. The average molecular weight is 874 g/mol. The number of pyridine rings is 1. The maximum atomic E-state index is 15.4. The Morgan fingerprint density at radius 1 is 1.05 bits per heavy atom. The van der Waals surface area contributed by atoms with Gasteiger partial charge in [0.1, 0.15) is 40.9 Å². The molecule has 3 heterocycles. The molecule has 0 aliphatic heterocycles. The van der Waals surface area contributed by atoms with Gasteiger partial charge in [0.15, 0.2) is 5.82 Å². The zero-order valence-corrected chi connectivity index (χ0v) is 32.1. The summed E-state index contributed by atoms with van der Waals surface area (Å²) in [6.07, 6.45) is -3.73. The first-order chi connectivity index (χ1) is 27.4. The quantitative estimate of drug-likeness (QED) is 0.0981. The van der Waals surface area contributed by atoms with Gasteiger partial charge in [-0.15, -0.1) is 0 Å². The first-order valence-electron chi connectivity index (χ1n) is 17.4. The number of benzene rings is 2. The van der Waals surface area contributed by atoms with Gasteiger partial charge in [-0.05, 0) is 74.4 Å². The fourth-order valence-corrected chi connectivity index (χ4v) is 8.00. The van der Waals surface area contributed by atoms with Crippen molar-refractivity contribution in [3.63, 3.8) is 0 Å². The van der Waals surface area contributed by atoms with Gasteiger partial charge in [-0.3, -0.25) is 18.9 Å². The van der Waals surface area contributed by atoms with Crippen LogP contribution in [-0.4, -0.2) is 55.1 Å². The number of hydrogen-bond donors (Lipinski definition) is 3. The zero-order chi connectivity index (χ0) is 43.1. The summed E-state index contributed by atoms with van der Waals surface area (Å²) in [5.74, 6) is -4.36. The highest BCUT2D eigenvalue weighted by Gasteiger charge is 2.67. The van der Waals surface area contributed by atoms with E-state index < -0.39 is 99.1 Å². The zero-order valence-electron chi connectivity index (χ0n) is 30.6. The Bertz CT molecular complexity index is 2700. The minimum absolute atomic E-state index is 0.0324. The van der Waals surface area contributed by atoms with Gasteiger partial charge >= 0.3 is 15.5 Å². The molecule has 2 aliphatic rings. The van der Waals surface area contributed by atoms with Crippen LogP contribution in [0, 0.1) is 29.4 Å². The summed E-state index contributed by atoms with van der Waals surface area (Å²) in [6.45, 7) is 1.72. The van der Waals surface area contributed by atoms with E-state index in [0.717, 1.165) is 16.8 Å². The standard InChI is InChI=1S/C37H29ClF9N7O4S/c1-35(2,56)9-8-19-4-5-20(21-6-7-24(38)28-31(21)53(3)51-34(28)52-59(57,58)37(45,46)47)29(48-19)25(12-16-10-17(39)13-18(40)11-16)49-26(55)15-54-32-27(30(50-54)33(41)42)22-14-23(22)36(32,43)44/h4-7,10-11,13,22-23,25,33,56H,12,14-15H2,1-3H3,(H,49,55)(H,51,52). The van der Waals surface area contributed by atoms with Crippen LogP contribution in [0.5, 0.6) is 0 Å². The van der Waals surface area contributed by atoms with Gasteiger partial charge in [0, 0.05) is 35.7 Å². The number of sulfonamides is 1. The SMILES string of the molecule is Cn1nc(NS(=O)(=O)C(F)(F)F)c2c(Cl)ccc(-c3ccc(C#CC(C)(C)O)nc3C(Cc3cc(F)cc(F)c3)NC(=O)Cn3nc(C(F)F)c4c3C(F)(F)C3CC43)c21. The van der Waals surface area contributed by atoms with Crippen molar-refractivity contribution in [2.75, 3.05) is 4.72 Å². The predicted octanol–water partition coefficient (Wildman–Crippen LogP) is 7.39. The van der Waals surface area contributed by atoms with Crippen molar-refractivity contribution in [3.05, 3.63) is 93.0 Å². The molecule has 312 valence electrons. The Hall–Kier alpha value is -5.33. The van der Waals surface area contributed by atoms with Gasteiger partial charge in [-0.2, -0.15) is 40.6 Å². The predicted molar refractivity (Wildman–Crippen MR) is 194 cm³/mol. The molecule has 0 radical (unpaired) electrons. The maximum Gasteiger partial charge on any atom is 0.516 e. The van der Waals surface area contributed by atoms with Gasteiger partial charge in [0.2, 0.25) is 5.91 Å². The van der Waals surface area contributed by atoms with E-state index in [1.165, 1.54) is 49.9 Å². The molecular weight excluding hydrogens is 845 g/mol. The average Bonchev–Trinajstić information content (AvgIpc) is 3.65. The van der Waals surface area contributed by atoms with Gasteiger partial charge in [0.05, 0.1) is 27.7 Å². The number of nitrogens with one attached hydrogen (secondary N) is 2. The molecule has 0 spiro atoms. The molecule has 1 saturated carbocycles. The minimum Gasteiger partial charge on any atom is -0.378 e. The lowest BCUT2D eigenvalue weighted by atomic mass is 9.93. The van der Waals surface area contributed by atoms with Crippen LogP contribution in [0.4, 0.5) is 45.3 Å². The molecular formula is C37H29ClF9N7O4S. The van der Waals surface area contributed by atoms with Crippen molar-refractivity contribution in [1.29, 1.82) is 0 Å². The fraction of sp³-hybridized carbons (Fsp3) is 0.351. The molecule has 3 unspecified atom stereocenters. The van der Waals surface area contributed by atoms with E-state index in [-0.39, 0.29) is 56.0 Å². The molecule has 1 amide bonds. The second-order valence-electron chi connectivity index (χ2n) is 14.6. The number of rotatable bonds is 10. The van der Waals surface area contributed by atoms with Crippen LogP contribution in [-0.2, 0) is 40.8 Å². The number of aryl methyl sites for hydroxylation is 1. The molecule has 0 bridgehead atoms. The van der Waals surface area contributed by atoms with E-state index in [9.17, 15) is 49.1 Å². The normalized spacial score (nSPS) is 17.7. The first kappa shape index (κ1) is 41.8. The number of halogens is 10. The molecule has 11 nitrogen and oxygen atoms in total. The summed E-state index contributed by atoms with van der Waals surface area (Å²) in [4.78, 5) is 18.5. The first-order valence-corrected chi connectivity index (χ1v) is 19.2. The van der Waals surface area contributed by atoms with Crippen LogP contribution < -0.4 is 10.0 Å². The fourth-order valence-electron chi connectivity index (χ4n) is 7.24. The van der Waals surface area contributed by atoms with Crippen LogP contribution >= 0.6 is 11.6 Å². The monoisotopic (exact) mass is 873 g/mol. The van der Waals surface area contributed by atoms with Crippen molar-refractivity contribution in [2.24, 2.45) is 13.0 Å². The molecule has 22 heteroatoms. The summed E-state index contributed by atoms with van der Waals surface area (Å²) in [7, 11) is -4.74. The number of amides is 1. The smallest absolute Gasteiger partial charge is 0.378 e. The van der Waals surface area contributed by atoms with Crippen LogP contribution in [0.15, 0.2) is 42.5 Å². The molecule has 2 aromatic carbocycles. The number of nitrogens with zero attached hydrogens (tertiary/aromatic N) is 5.